The quantitative estimate of drug-likeness (QED) is 0.0884. The number of ether oxygens (including phenoxy) is 4. The van der Waals surface area contributed by atoms with Crippen LogP contribution in [0.5, 0.6) is 34.5 Å². The Labute approximate surface area is 244 Å². The van der Waals surface area contributed by atoms with Gasteiger partial charge in [-0.3, -0.25) is 0 Å². The molecular formula is C30H30O13. The third-order valence-electron chi connectivity index (χ3n) is 7.23. The first-order valence-corrected chi connectivity index (χ1v) is 13.1. The van der Waals surface area contributed by atoms with Crippen LogP contribution in [-0.2, 0) is 15.9 Å². The first kappa shape index (κ1) is 29.8. The number of phenols is 4. The summed E-state index contributed by atoms with van der Waals surface area (Å²) in [6.45, 7) is 4.93. The number of furan rings is 1. The van der Waals surface area contributed by atoms with Crippen LogP contribution in [0.1, 0.15) is 21.5 Å². The number of aryl methyl sites for hydroxylation is 1. The fourth-order valence-corrected chi connectivity index (χ4v) is 4.96. The molecule has 2 heterocycles. The third kappa shape index (κ3) is 5.34. The second-order valence-electron chi connectivity index (χ2n) is 10.1. The van der Waals surface area contributed by atoms with Crippen LogP contribution < -0.4 is 9.47 Å². The molecule has 0 bridgehead atoms. The summed E-state index contributed by atoms with van der Waals surface area (Å²) >= 11 is 0. The average Bonchev–Trinajstić information content (AvgIpc) is 3.33. The van der Waals surface area contributed by atoms with Gasteiger partial charge in [0.25, 0.3) is 0 Å². The van der Waals surface area contributed by atoms with Crippen LogP contribution >= 0.6 is 0 Å². The molecule has 0 spiro atoms. The van der Waals surface area contributed by atoms with Crippen LogP contribution in [0.2, 0.25) is 0 Å². The minimum Gasteiger partial charge on any atom is -0.508 e. The van der Waals surface area contributed by atoms with Crippen molar-refractivity contribution in [3.8, 4) is 34.5 Å². The lowest BCUT2D eigenvalue weighted by molar-refractivity contribution is -0.277. The highest BCUT2D eigenvalue weighted by Gasteiger charge is 2.46. The number of aromatic hydroxyl groups is 4. The van der Waals surface area contributed by atoms with E-state index in [2.05, 4.69) is 6.58 Å². The molecule has 1 fully saturated rings. The molecule has 4 aromatic rings. The first-order chi connectivity index (χ1) is 20.4. The zero-order chi connectivity index (χ0) is 31.2. The van der Waals surface area contributed by atoms with E-state index in [1.54, 1.807) is 25.1 Å². The van der Waals surface area contributed by atoms with E-state index < -0.39 is 60.5 Å². The van der Waals surface area contributed by atoms with Gasteiger partial charge in [0.2, 0.25) is 12.0 Å². The molecule has 5 rings (SSSR count). The molecule has 1 aliphatic heterocycles. The lowest BCUT2D eigenvalue weighted by atomic mass is 9.99. The molecule has 228 valence electrons. The van der Waals surface area contributed by atoms with Gasteiger partial charge in [-0.2, -0.15) is 0 Å². The number of phenolic OH excluding ortho intramolecular Hbond substituents is 4. The molecule has 0 saturated carbocycles. The Morgan fingerprint density at radius 1 is 0.977 bits per heavy atom. The van der Waals surface area contributed by atoms with E-state index in [4.69, 9.17) is 23.4 Å². The summed E-state index contributed by atoms with van der Waals surface area (Å²) in [6.07, 6.45) is -6.14. The maximum absolute atomic E-state index is 12.5. The number of allylic oxidation sites excluding steroid dienone is 1. The lowest BCUT2D eigenvalue weighted by Gasteiger charge is -2.40. The van der Waals surface area contributed by atoms with Crippen LogP contribution in [0.4, 0.5) is 0 Å². The molecule has 0 amide bonds. The van der Waals surface area contributed by atoms with Crippen molar-refractivity contribution in [1.82, 2.24) is 0 Å². The highest BCUT2D eigenvalue weighted by molar-refractivity contribution is 6.10. The summed E-state index contributed by atoms with van der Waals surface area (Å²) in [5, 5.41) is 72.2. The Balaban J connectivity index is 1.44. The van der Waals surface area contributed by atoms with Gasteiger partial charge in [0.05, 0.1) is 12.7 Å². The van der Waals surface area contributed by atoms with Crippen molar-refractivity contribution in [3.63, 3.8) is 0 Å². The van der Waals surface area contributed by atoms with Crippen molar-refractivity contribution in [1.29, 1.82) is 0 Å². The second-order valence-corrected chi connectivity index (χ2v) is 10.1. The Kier molecular flexibility index (Phi) is 7.99. The molecular weight excluding hydrogens is 568 g/mol. The summed E-state index contributed by atoms with van der Waals surface area (Å²) < 4.78 is 28.4. The number of esters is 1. The van der Waals surface area contributed by atoms with Crippen molar-refractivity contribution in [3.05, 3.63) is 59.7 Å². The maximum atomic E-state index is 12.5. The number of aliphatic hydroxyl groups excluding tert-OH is 3. The monoisotopic (exact) mass is 598 g/mol. The minimum absolute atomic E-state index is 0.0456. The Morgan fingerprint density at radius 3 is 2.33 bits per heavy atom. The Bertz CT molecular complexity index is 1690. The zero-order valence-electron chi connectivity index (χ0n) is 23.1. The van der Waals surface area contributed by atoms with E-state index >= 15 is 0 Å². The van der Waals surface area contributed by atoms with Crippen molar-refractivity contribution in [2.24, 2.45) is 0 Å². The molecule has 1 aromatic heterocycles. The number of methoxy groups -OCH3 is 1. The zero-order valence-corrected chi connectivity index (χ0v) is 23.1. The van der Waals surface area contributed by atoms with Crippen molar-refractivity contribution in [2.75, 3.05) is 13.7 Å². The summed E-state index contributed by atoms with van der Waals surface area (Å²) in [4.78, 5) is 12.5. The standard InChI is InChI=1S/C30H30O13/c1-4-5-13-9-20(27(39-3)28-22(13)15-6-12(2)16(31)10-19(15)41-28)42-30-26(37)25(36)24(35)21(43-30)11-40-29(38)14-7-17(32)23(34)18(33)8-14/h4,6-10,21,24-26,30-37H,1,5,11H2,2-3H3/t21-,24-,25+,26-,30-/m1/s1. The third-order valence-corrected chi connectivity index (χ3v) is 7.23. The van der Waals surface area contributed by atoms with Gasteiger partial charge in [-0.1, -0.05) is 6.08 Å². The second kappa shape index (κ2) is 11.5. The summed E-state index contributed by atoms with van der Waals surface area (Å²) in [5.41, 5.74) is 1.71. The van der Waals surface area contributed by atoms with E-state index in [1.165, 1.54) is 13.2 Å². The topological polar surface area (TPSA) is 209 Å². The van der Waals surface area contributed by atoms with Gasteiger partial charge in [-0.25, -0.2) is 4.79 Å². The molecule has 3 aromatic carbocycles. The van der Waals surface area contributed by atoms with Gasteiger partial charge in [0, 0.05) is 16.8 Å². The predicted molar refractivity (Wildman–Crippen MR) is 150 cm³/mol. The van der Waals surface area contributed by atoms with E-state index in [0.717, 1.165) is 17.5 Å². The largest absolute Gasteiger partial charge is 0.508 e. The minimum atomic E-state index is -1.77. The molecule has 0 unspecified atom stereocenters. The number of hydrogen-bond donors (Lipinski definition) is 7. The van der Waals surface area contributed by atoms with Crippen molar-refractivity contribution in [2.45, 2.75) is 44.1 Å². The number of carbonyl (C=O) groups excluding carboxylic acids is 1. The predicted octanol–water partition coefficient (Wildman–Crippen LogP) is 2.50. The Morgan fingerprint density at radius 2 is 1.67 bits per heavy atom. The average molecular weight is 599 g/mol. The van der Waals surface area contributed by atoms with Gasteiger partial charge >= 0.3 is 5.97 Å². The lowest BCUT2D eigenvalue weighted by Crippen LogP contribution is -2.60. The fourth-order valence-electron chi connectivity index (χ4n) is 4.96. The number of benzene rings is 3. The van der Waals surface area contributed by atoms with Crippen LogP contribution in [0.3, 0.4) is 0 Å². The van der Waals surface area contributed by atoms with Gasteiger partial charge in [0.1, 0.15) is 42.4 Å². The molecule has 0 radical (unpaired) electrons. The molecule has 1 aliphatic rings. The van der Waals surface area contributed by atoms with Gasteiger partial charge in [0.15, 0.2) is 28.6 Å². The fraction of sp³-hybridized carbons (Fsp3) is 0.300. The number of fused-ring (bicyclic) bond motifs is 3. The van der Waals surface area contributed by atoms with E-state index in [1.807, 2.05) is 0 Å². The maximum Gasteiger partial charge on any atom is 0.338 e. The van der Waals surface area contributed by atoms with Crippen LogP contribution in [0, 0.1) is 6.92 Å². The molecule has 43 heavy (non-hydrogen) atoms. The van der Waals surface area contributed by atoms with Crippen LogP contribution in [-0.4, -0.2) is 86.1 Å². The smallest absolute Gasteiger partial charge is 0.338 e. The SMILES string of the molecule is C=CCc1cc(O[C@@H]2O[C@H](COC(=O)c3cc(O)c(O)c(O)c3)[C@@H](O)[C@H](O)[C@H]2O)c(OC)c2oc3cc(O)c(C)cc3c12. The summed E-state index contributed by atoms with van der Waals surface area (Å²) in [5.74, 6) is -3.15. The van der Waals surface area contributed by atoms with Crippen LogP contribution in [0.25, 0.3) is 21.9 Å². The number of aliphatic hydroxyl groups is 3. The van der Waals surface area contributed by atoms with E-state index in [0.29, 0.717) is 28.5 Å². The summed E-state index contributed by atoms with van der Waals surface area (Å²) in [6, 6.07) is 6.63. The Hall–Kier alpha value is -4.69. The van der Waals surface area contributed by atoms with Crippen molar-refractivity contribution >= 4 is 27.9 Å². The summed E-state index contributed by atoms with van der Waals surface area (Å²) in [7, 11) is 1.38. The van der Waals surface area contributed by atoms with E-state index in [-0.39, 0.29) is 28.4 Å². The highest BCUT2D eigenvalue weighted by Crippen LogP contribution is 2.45. The first-order valence-electron chi connectivity index (χ1n) is 13.1. The van der Waals surface area contributed by atoms with Crippen LogP contribution in [0.15, 0.2) is 47.4 Å². The van der Waals surface area contributed by atoms with E-state index in [9.17, 15) is 40.5 Å². The number of carbonyl (C=O) groups is 1. The highest BCUT2D eigenvalue weighted by atomic mass is 16.7. The molecule has 0 aliphatic carbocycles. The van der Waals surface area contributed by atoms with Gasteiger partial charge in [-0.05, 0) is 48.7 Å². The van der Waals surface area contributed by atoms with Crippen molar-refractivity contribution < 1.29 is 63.9 Å². The van der Waals surface area contributed by atoms with Gasteiger partial charge < -0.3 is 59.1 Å². The molecule has 13 heteroatoms. The molecule has 5 atom stereocenters. The number of rotatable bonds is 8. The molecule has 7 N–H and O–H groups in total. The van der Waals surface area contributed by atoms with Gasteiger partial charge in [-0.15, -0.1) is 6.58 Å². The molecule has 1 saturated heterocycles. The number of hydrogen-bond acceptors (Lipinski definition) is 13. The normalized spacial score (nSPS) is 22.0. The molecule has 13 nitrogen and oxygen atoms in total.